The Balaban J connectivity index is 3.18. The van der Waals surface area contributed by atoms with Crippen LogP contribution in [0.25, 0.3) is 0 Å². The first-order valence-corrected chi connectivity index (χ1v) is 4.31. The molecular weight excluding hydrogens is 236 g/mol. The first-order chi connectivity index (χ1) is 6.19. The summed E-state index contributed by atoms with van der Waals surface area (Å²) >= 11 is 3.17. The van der Waals surface area contributed by atoms with Crippen LogP contribution in [-0.2, 0) is 4.79 Å². The predicted octanol–water partition coefficient (Wildman–Crippen LogP) is 1.84. The van der Waals surface area contributed by atoms with E-state index in [1.165, 1.54) is 13.2 Å². The Hall–Kier alpha value is -1.16. The van der Waals surface area contributed by atoms with Crippen molar-refractivity contribution in [1.29, 1.82) is 0 Å². The second-order valence-corrected chi connectivity index (χ2v) is 3.18. The van der Waals surface area contributed by atoms with Crippen molar-refractivity contribution < 1.29 is 14.3 Å². The summed E-state index contributed by atoms with van der Waals surface area (Å²) in [7, 11) is 1.50. The smallest absolute Gasteiger partial charge is 0.226 e. The second-order valence-electron chi connectivity index (χ2n) is 2.33. The van der Waals surface area contributed by atoms with Crippen LogP contribution in [-0.4, -0.2) is 19.2 Å². The molecule has 0 aromatic heterocycles. The zero-order valence-corrected chi connectivity index (χ0v) is 8.50. The van der Waals surface area contributed by atoms with Gasteiger partial charge in [-0.05, 0) is 18.2 Å². The second kappa shape index (κ2) is 4.18. The molecule has 3 nitrogen and oxygen atoms in total. The van der Waals surface area contributed by atoms with Crippen LogP contribution in [0.4, 0.5) is 0 Å². The summed E-state index contributed by atoms with van der Waals surface area (Å²) in [6.07, 6.45) is 0.277. The third-order valence-corrected chi connectivity index (χ3v) is 2.24. The van der Waals surface area contributed by atoms with Gasteiger partial charge in [0.05, 0.1) is 7.11 Å². The van der Waals surface area contributed by atoms with Crippen LogP contribution in [0.5, 0.6) is 5.75 Å². The van der Waals surface area contributed by atoms with E-state index in [2.05, 4.69) is 15.9 Å². The van der Waals surface area contributed by atoms with Gasteiger partial charge in [0.15, 0.2) is 6.29 Å². The van der Waals surface area contributed by atoms with E-state index >= 15 is 0 Å². The van der Waals surface area contributed by atoms with E-state index in [4.69, 9.17) is 4.74 Å². The molecule has 1 rings (SSSR count). The SMILES string of the molecule is COc1ccc(Br)c(C(=O)C=O)c1. The highest BCUT2D eigenvalue weighted by atomic mass is 79.9. The van der Waals surface area contributed by atoms with Gasteiger partial charge in [-0.3, -0.25) is 9.59 Å². The molecular formula is C9H7BrO3. The van der Waals surface area contributed by atoms with Gasteiger partial charge < -0.3 is 4.74 Å². The maximum Gasteiger partial charge on any atom is 0.226 e. The number of carbonyl (C=O) groups excluding carboxylic acids is 2. The van der Waals surface area contributed by atoms with E-state index < -0.39 is 5.78 Å². The maximum atomic E-state index is 11.0. The lowest BCUT2D eigenvalue weighted by molar-refractivity contribution is -0.104. The molecule has 0 bridgehead atoms. The van der Waals surface area contributed by atoms with Gasteiger partial charge in [0.1, 0.15) is 5.75 Å². The van der Waals surface area contributed by atoms with Gasteiger partial charge in [-0.1, -0.05) is 15.9 Å². The van der Waals surface area contributed by atoms with E-state index in [1.54, 1.807) is 12.1 Å². The molecule has 0 N–H and O–H groups in total. The summed E-state index contributed by atoms with van der Waals surface area (Å²) in [5.74, 6) is -0.0147. The summed E-state index contributed by atoms with van der Waals surface area (Å²) < 4.78 is 5.50. The van der Waals surface area contributed by atoms with Gasteiger partial charge in [0.25, 0.3) is 0 Å². The minimum Gasteiger partial charge on any atom is -0.497 e. The molecule has 0 heterocycles. The number of ether oxygens (including phenoxy) is 1. The monoisotopic (exact) mass is 242 g/mol. The zero-order chi connectivity index (χ0) is 9.84. The summed E-state index contributed by atoms with van der Waals surface area (Å²) in [6, 6.07) is 4.88. The Labute approximate surface area is 83.8 Å². The Morgan fingerprint density at radius 3 is 2.77 bits per heavy atom. The van der Waals surface area contributed by atoms with Crippen LogP contribution in [0.2, 0.25) is 0 Å². The van der Waals surface area contributed by atoms with Crippen molar-refractivity contribution in [3.8, 4) is 5.75 Å². The zero-order valence-electron chi connectivity index (χ0n) is 6.91. The first-order valence-electron chi connectivity index (χ1n) is 3.52. The van der Waals surface area contributed by atoms with Crippen molar-refractivity contribution >= 4 is 28.0 Å². The molecule has 0 spiro atoms. The minimum atomic E-state index is -0.564. The molecule has 0 aliphatic heterocycles. The molecule has 0 radical (unpaired) electrons. The number of aldehydes is 1. The van der Waals surface area contributed by atoms with Crippen LogP contribution in [0, 0.1) is 0 Å². The molecule has 1 aromatic rings. The van der Waals surface area contributed by atoms with Gasteiger partial charge in [0, 0.05) is 10.0 Å². The molecule has 4 heteroatoms. The molecule has 0 saturated carbocycles. The lowest BCUT2D eigenvalue weighted by Crippen LogP contribution is -2.01. The third kappa shape index (κ3) is 2.15. The van der Waals surface area contributed by atoms with E-state index in [9.17, 15) is 9.59 Å². The van der Waals surface area contributed by atoms with Crippen LogP contribution < -0.4 is 4.74 Å². The molecule has 0 aliphatic carbocycles. The summed E-state index contributed by atoms with van der Waals surface area (Å²) in [5.41, 5.74) is 0.314. The standard InChI is InChI=1S/C9H7BrO3/c1-13-6-2-3-8(10)7(4-6)9(12)5-11/h2-5H,1H3. The Morgan fingerprint density at radius 1 is 1.54 bits per heavy atom. The van der Waals surface area contributed by atoms with Gasteiger partial charge >= 0.3 is 0 Å². The number of Topliss-reactive ketones (excluding diaryl/α,β-unsaturated/α-hetero) is 1. The molecule has 0 unspecified atom stereocenters. The van der Waals surface area contributed by atoms with Crippen LogP contribution in [0.1, 0.15) is 10.4 Å². The van der Waals surface area contributed by atoms with Crippen LogP contribution in [0.3, 0.4) is 0 Å². The number of halogens is 1. The summed E-state index contributed by atoms with van der Waals surface area (Å²) in [4.78, 5) is 21.3. The quantitative estimate of drug-likeness (QED) is 0.462. The normalized spacial score (nSPS) is 9.38. The number of hydrogen-bond acceptors (Lipinski definition) is 3. The molecule has 1 aromatic carbocycles. The Morgan fingerprint density at radius 2 is 2.23 bits per heavy atom. The van der Waals surface area contributed by atoms with Gasteiger partial charge in [-0.25, -0.2) is 0 Å². The Bertz CT molecular complexity index is 347. The highest BCUT2D eigenvalue weighted by molar-refractivity contribution is 9.10. The van der Waals surface area contributed by atoms with Crippen molar-refractivity contribution in [2.75, 3.05) is 7.11 Å². The van der Waals surface area contributed by atoms with Crippen molar-refractivity contribution in [2.45, 2.75) is 0 Å². The maximum absolute atomic E-state index is 11.0. The molecule has 0 amide bonds. The minimum absolute atomic E-state index is 0.277. The fraction of sp³-hybridized carbons (Fsp3) is 0.111. The summed E-state index contributed by atoms with van der Waals surface area (Å²) in [5, 5.41) is 0. The number of hydrogen-bond donors (Lipinski definition) is 0. The van der Waals surface area contributed by atoms with Crippen LogP contribution in [0.15, 0.2) is 22.7 Å². The highest BCUT2D eigenvalue weighted by Crippen LogP contribution is 2.22. The fourth-order valence-electron chi connectivity index (χ4n) is 0.884. The van der Waals surface area contributed by atoms with Gasteiger partial charge in [-0.15, -0.1) is 0 Å². The largest absolute Gasteiger partial charge is 0.497 e. The average Bonchev–Trinajstić information content (AvgIpc) is 2.17. The number of ketones is 1. The van der Waals surface area contributed by atoms with Crippen molar-refractivity contribution in [3.63, 3.8) is 0 Å². The number of carbonyl (C=O) groups is 2. The highest BCUT2D eigenvalue weighted by Gasteiger charge is 2.09. The molecule has 0 atom stereocenters. The van der Waals surface area contributed by atoms with Crippen molar-refractivity contribution in [1.82, 2.24) is 0 Å². The van der Waals surface area contributed by atoms with E-state index in [-0.39, 0.29) is 6.29 Å². The van der Waals surface area contributed by atoms with Gasteiger partial charge in [0.2, 0.25) is 5.78 Å². The molecule has 68 valence electrons. The average molecular weight is 243 g/mol. The topological polar surface area (TPSA) is 43.4 Å². The van der Waals surface area contributed by atoms with Crippen LogP contribution >= 0.6 is 15.9 Å². The number of methoxy groups -OCH3 is 1. The predicted molar refractivity (Wildman–Crippen MR) is 51.1 cm³/mol. The van der Waals surface area contributed by atoms with Crippen molar-refractivity contribution in [3.05, 3.63) is 28.2 Å². The van der Waals surface area contributed by atoms with E-state index in [0.29, 0.717) is 15.8 Å². The van der Waals surface area contributed by atoms with E-state index in [1.807, 2.05) is 0 Å². The summed E-state index contributed by atoms with van der Waals surface area (Å²) in [6.45, 7) is 0. The molecule has 0 fully saturated rings. The van der Waals surface area contributed by atoms with Crippen molar-refractivity contribution in [2.24, 2.45) is 0 Å². The molecule has 13 heavy (non-hydrogen) atoms. The lowest BCUT2D eigenvalue weighted by Gasteiger charge is -2.02. The third-order valence-electron chi connectivity index (χ3n) is 1.55. The number of benzene rings is 1. The van der Waals surface area contributed by atoms with E-state index in [0.717, 1.165) is 0 Å². The Kier molecular flexibility index (Phi) is 3.19. The molecule has 0 saturated heterocycles. The lowest BCUT2D eigenvalue weighted by atomic mass is 10.1. The molecule has 0 aliphatic rings. The van der Waals surface area contributed by atoms with Gasteiger partial charge in [-0.2, -0.15) is 0 Å². The number of rotatable bonds is 3. The fourth-order valence-corrected chi connectivity index (χ4v) is 1.33. The first kappa shape index (κ1) is 9.92.